The molecule has 1 aliphatic heterocycles. The lowest BCUT2D eigenvalue weighted by Crippen LogP contribution is -2.38. The fourth-order valence-electron chi connectivity index (χ4n) is 2.51. The quantitative estimate of drug-likeness (QED) is 0.896. The third-order valence-electron chi connectivity index (χ3n) is 3.44. The summed E-state index contributed by atoms with van der Waals surface area (Å²) in [6, 6.07) is 1.85. The molecule has 0 spiro atoms. The molecule has 0 radical (unpaired) electrons. The Labute approximate surface area is 112 Å². The highest BCUT2D eigenvalue weighted by atomic mass is 35.5. The van der Waals surface area contributed by atoms with Gasteiger partial charge in [0.15, 0.2) is 0 Å². The zero-order valence-electron chi connectivity index (χ0n) is 10.7. The van der Waals surface area contributed by atoms with Crippen LogP contribution >= 0.6 is 11.6 Å². The second-order valence-electron chi connectivity index (χ2n) is 5.04. The van der Waals surface area contributed by atoms with Crippen molar-refractivity contribution in [3.05, 3.63) is 22.8 Å². The first-order valence-corrected chi connectivity index (χ1v) is 6.60. The number of amides is 1. The first kappa shape index (κ1) is 13.1. The molecular weight excluding hydrogens is 250 g/mol. The Kier molecular flexibility index (Phi) is 3.76. The van der Waals surface area contributed by atoms with Crippen LogP contribution < -0.4 is 5.73 Å². The molecule has 2 rings (SSSR count). The molecule has 1 aromatic heterocycles. The molecule has 0 aromatic carbocycles. The predicted molar refractivity (Wildman–Crippen MR) is 72.6 cm³/mol. The van der Waals surface area contributed by atoms with Gasteiger partial charge in [0.2, 0.25) is 0 Å². The van der Waals surface area contributed by atoms with Crippen LogP contribution in [0.1, 0.15) is 37.0 Å². The van der Waals surface area contributed by atoms with E-state index in [-0.39, 0.29) is 5.91 Å². The fourth-order valence-corrected chi connectivity index (χ4v) is 2.70. The van der Waals surface area contributed by atoms with Gasteiger partial charge in [-0.1, -0.05) is 25.4 Å². The topological polar surface area (TPSA) is 59.2 Å². The molecule has 1 atom stereocenters. The zero-order valence-corrected chi connectivity index (χ0v) is 11.4. The number of anilines is 1. The normalized spacial score (nSPS) is 19.6. The number of rotatable bonds is 2. The van der Waals surface area contributed by atoms with E-state index in [0.717, 1.165) is 19.4 Å². The van der Waals surface area contributed by atoms with Crippen molar-refractivity contribution in [3.8, 4) is 0 Å². The van der Waals surface area contributed by atoms with E-state index in [4.69, 9.17) is 17.3 Å². The number of nitrogens with zero attached hydrogens (tertiary/aromatic N) is 2. The van der Waals surface area contributed by atoms with E-state index in [1.54, 1.807) is 6.07 Å². The van der Waals surface area contributed by atoms with Crippen molar-refractivity contribution in [2.75, 3.05) is 12.3 Å². The number of aromatic nitrogens is 1. The maximum atomic E-state index is 12.5. The lowest BCUT2D eigenvalue weighted by atomic mass is 10.0. The molecule has 0 aliphatic carbocycles. The first-order valence-electron chi connectivity index (χ1n) is 6.22. The number of halogens is 1. The number of nitrogens with two attached hydrogens (primary N) is 1. The summed E-state index contributed by atoms with van der Waals surface area (Å²) in [4.78, 5) is 18.3. The molecule has 18 heavy (non-hydrogen) atoms. The van der Waals surface area contributed by atoms with Crippen LogP contribution in [0.15, 0.2) is 12.3 Å². The summed E-state index contributed by atoms with van der Waals surface area (Å²) < 4.78 is 0. The van der Waals surface area contributed by atoms with E-state index in [9.17, 15) is 4.79 Å². The van der Waals surface area contributed by atoms with Gasteiger partial charge in [-0.05, 0) is 24.8 Å². The second kappa shape index (κ2) is 5.14. The van der Waals surface area contributed by atoms with Crippen LogP contribution in [0.3, 0.4) is 0 Å². The minimum atomic E-state index is -0.0368. The number of carbonyl (C=O) groups excluding carboxylic acids is 1. The number of likely N-dealkylation sites (tertiary alicyclic amines) is 1. The highest BCUT2D eigenvalue weighted by Gasteiger charge is 2.32. The van der Waals surface area contributed by atoms with Crippen LogP contribution in [0.5, 0.6) is 0 Å². The maximum Gasteiger partial charge on any atom is 0.255 e. The summed E-state index contributed by atoms with van der Waals surface area (Å²) in [5.41, 5.74) is 6.07. The monoisotopic (exact) mass is 267 g/mol. The molecule has 1 aliphatic rings. The van der Waals surface area contributed by atoms with Crippen LogP contribution in [0, 0.1) is 5.92 Å². The standard InChI is InChI=1S/C13H18ClN3O/c1-8(2)11-4-3-5-17(11)13(18)9-6-12(15)16-7-10(9)14/h6-8,11H,3-5H2,1-2H3,(H2,15,16). The van der Waals surface area contributed by atoms with Crippen LogP contribution in [0.25, 0.3) is 0 Å². The molecule has 1 fully saturated rings. The Hall–Kier alpha value is -1.29. The van der Waals surface area contributed by atoms with Crippen LogP contribution in [0.2, 0.25) is 5.02 Å². The predicted octanol–water partition coefficient (Wildman–Crippen LogP) is 2.58. The average molecular weight is 268 g/mol. The van der Waals surface area contributed by atoms with E-state index in [0.29, 0.717) is 28.4 Å². The van der Waals surface area contributed by atoms with Gasteiger partial charge in [0.05, 0.1) is 10.6 Å². The highest BCUT2D eigenvalue weighted by Crippen LogP contribution is 2.27. The minimum Gasteiger partial charge on any atom is -0.384 e. The smallest absolute Gasteiger partial charge is 0.255 e. The van der Waals surface area contributed by atoms with E-state index >= 15 is 0 Å². The number of pyridine rings is 1. The summed E-state index contributed by atoms with van der Waals surface area (Å²) in [6.07, 6.45) is 3.54. The van der Waals surface area contributed by atoms with Gasteiger partial charge in [-0.2, -0.15) is 0 Å². The maximum absolute atomic E-state index is 12.5. The van der Waals surface area contributed by atoms with Crippen LogP contribution in [-0.4, -0.2) is 28.4 Å². The Balaban J connectivity index is 2.28. The van der Waals surface area contributed by atoms with E-state index in [2.05, 4.69) is 18.8 Å². The van der Waals surface area contributed by atoms with Crippen molar-refractivity contribution in [2.24, 2.45) is 5.92 Å². The Bertz CT molecular complexity index is 462. The molecule has 0 bridgehead atoms. The minimum absolute atomic E-state index is 0.0368. The summed E-state index contributed by atoms with van der Waals surface area (Å²) in [7, 11) is 0. The van der Waals surface area contributed by atoms with Crippen LogP contribution in [-0.2, 0) is 0 Å². The highest BCUT2D eigenvalue weighted by molar-refractivity contribution is 6.33. The van der Waals surface area contributed by atoms with Gasteiger partial charge in [0, 0.05) is 18.8 Å². The lowest BCUT2D eigenvalue weighted by molar-refractivity contribution is 0.0701. The van der Waals surface area contributed by atoms with Crippen molar-refractivity contribution >= 4 is 23.3 Å². The SMILES string of the molecule is CC(C)C1CCCN1C(=O)c1cc(N)ncc1Cl. The Morgan fingerprint density at radius 2 is 2.33 bits per heavy atom. The van der Waals surface area contributed by atoms with Gasteiger partial charge in [0.1, 0.15) is 5.82 Å². The van der Waals surface area contributed by atoms with E-state index in [1.807, 2.05) is 4.90 Å². The van der Waals surface area contributed by atoms with Crippen LogP contribution in [0.4, 0.5) is 5.82 Å². The molecule has 1 amide bonds. The molecule has 1 aromatic rings. The number of nitrogen functional groups attached to an aromatic ring is 1. The van der Waals surface area contributed by atoms with Gasteiger partial charge in [-0.15, -0.1) is 0 Å². The zero-order chi connectivity index (χ0) is 13.3. The fraction of sp³-hybridized carbons (Fsp3) is 0.538. The third-order valence-corrected chi connectivity index (χ3v) is 3.74. The first-order chi connectivity index (χ1) is 8.50. The molecule has 1 saturated heterocycles. The largest absolute Gasteiger partial charge is 0.384 e. The Morgan fingerprint density at radius 1 is 1.61 bits per heavy atom. The number of hydrogen-bond donors (Lipinski definition) is 1. The van der Waals surface area contributed by atoms with Crippen molar-refractivity contribution in [3.63, 3.8) is 0 Å². The molecule has 0 saturated carbocycles. The second-order valence-corrected chi connectivity index (χ2v) is 5.45. The molecule has 2 N–H and O–H groups in total. The molecular formula is C13H18ClN3O. The van der Waals surface area contributed by atoms with Gasteiger partial charge in [0.25, 0.3) is 5.91 Å². The van der Waals surface area contributed by atoms with Gasteiger partial charge >= 0.3 is 0 Å². The molecule has 4 nitrogen and oxygen atoms in total. The summed E-state index contributed by atoms with van der Waals surface area (Å²) >= 11 is 6.03. The molecule has 1 unspecified atom stereocenters. The third kappa shape index (κ3) is 2.43. The molecule has 2 heterocycles. The van der Waals surface area contributed by atoms with Crippen molar-refractivity contribution in [2.45, 2.75) is 32.7 Å². The van der Waals surface area contributed by atoms with Crippen molar-refractivity contribution < 1.29 is 4.79 Å². The van der Waals surface area contributed by atoms with Gasteiger partial charge in [-0.3, -0.25) is 4.79 Å². The van der Waals surface area contributed by atoms with Crippen molar-refractivity contribution in [1.82, 2.24) is 9.88 Å². The summed E-state index contributed by atoms with van der Waals surface area (Å²) in [5, 5.41) is 0.364. The van der Waals surface area contributed by atoms with Gasteiger partial charge in [-0.25, -0.2) is 4.98 Å². The lowest BCUT2D eigenvalue weighted by Gasteiger charge is -2.28. The molecule has 98 valence electrons. The summed E-state index contributed by atoms with van der Waals surface area (Å²) in [6.45, 7) is 5.07. The number of carbonyl (C=O) groups is 1. The average Bonchev–Trinajstić information content (AvgIpc) is 2.80. The van der Waals surface area contributed by atoms with E-state index < -0.39 is 0 Å². The summed E-state index contributed by atoms with van der Waals surface area (Å²) in [5.74, 6) is 0.739. The number of hydrogen-bond acceptors (Lipinski definition) is 3. The van der Waals surface area contributed by atoms with Gasteiger partial charge < -0.3 is 10.6 Å². The van der Waals surface area contributed by atoms with Crippen molar-refractivity contribution in [1.29, 1.82) is 0 Å². The van der Waals surface area contributed by atoms with E-state index in [1.165, 1.54) is 6.20 Å². The molecule has 5 heteroatoms. The Morgan fingerprint density at radius 3 is 3.00 bits per heavy atom.